The van der Waals surface area contributed by atoms with E-state index < -0.39 is 0 Å². The summed E-state index contributed by atoms with van der Waals surface area (Å²) in [7, 11) is 0. The van der Waals surface area contributed by atoms with E-state index in [9.17, 15) is 0 Å². The van der Waals surface area contributed by atoms with Crippen LogP contribution in [-0.2, 0) is 12.8 Å². The molecule has 15 heavy (non-hydrogen) atoms. The van der Waals surface area contributed by atoms with Crippen LogP contribution < -0.4 is 5.32 Å². The summed E-state index contributed by atoms with van der Waals surface area (Å²) in [6.07, 6.45) is 3.80. The second-order valence-corrected chi connectivity index (χ2v) is 4.24. The highest BCUT2D eigenvalue weighted by Crippen LogP contribution is 2.05. The third-order valence-corrected chi connectivity index (χ3v) is 3.03. The molecule has 0 spiro atoms. The van der Waals surface area contributed by atoms with Gasteiger partial charge < -0.3 is 9.73 Å². The number of furan rings is 1. The summed E-state index contributed by atoms with van der Waals surface area (Å²) in [6, 6.07) is 6.13. The van der Waals surface area contributed by atoms with Crippen molar-refractivity contribution in [1.82, 2.24) is 5.32 Å². The van der Waals surface area contributed by atoms with Crippen LogP contribution in [0.3, 0.4) is 0 Å². The zero-order valence-corrected chi connectivity index (χ0v) is 9.43. The predicted octanol–water partition coefficient (Wildman–Crippen LogP) is 2.72. The fraction of sp³-hybridized carbons (Fsp3) is 0.333. The standard InChI is InChI=1S/C12H15NOS/c1-2-12(14-8-1)4-7-13-6-3-11-5-9-15-10-11/h1-2,5,8-10,13H,3-4,6-7H2. The van der Waals surface area contributed by atoms with E-state index in [0.717, 1.165) is 31.7 Å². The average Bonchev–Trinajstić information content (AvgIpc) is 2.88. The molecule has 0 saturated carbocycles. The van der Waals surface area contributed by atoms with Crippen LogP contribution in [0, 0.1) is 0 Å². The molecule has 2 heterocycles. The van der Waals surface area contributed by atoms with E-state index in [2.05, 4.69) is 22.1 Å². The van der Waals surface area contributed by atoms with E-state index in [-0.39, 0.29) is 0 Å². The Balaban J connectivity index is 1.56. The highest BCUT2D eigenvalue weighted by molar-refractivity contribution is 7.07. The first-order valence-corrected chi connectivity index (χ1v) is 6.13. The summed E-state index contributed by atoms with van der Waals surface area (Å²) < 4.78 is 5.25. The van der Waals surface area contributed by atoms with Gasteiger partial charge in [0.2, 0.25) is 0 Å². The number of rotatable bonds is 6. The lowest BCUT2D eigenvalue weighted by Gasteiger charge is -2.01. The quantitative estimate of drug-likeness (QED) is 0.759. The van der Waals surface area contributed by atoms with Gasteiger partial charge in [-0.1, -0.05) is 0 Å². The van der Waals surface area contributed by atoms with Crippen molar-refractivity contribution in [3.05, 3.63) is 46.5 Å². The smallest absolute Gasteiger partial charge is 0.105 e. The van der Waals surface area contributed by atoms with Gasteiger partial charge in [0.1, 0.15) is 5.76 Å². The molecule has 0 aliphatic rings. The Morgan fingerprint density at radius 3 is 2.87 bits per heavy atom. The molecular formula is C12H15NOS. The molecular weight excluding hydrogens is 206 g/mol. The second kappa shape index (κ2) is 5.73. The predicted molar refractivity (Wildman–Crippen MR) is 63.3 cm³/mol. The van der Waals surface area contributed by atoms with E-state index in [0.29, 0.717) is 0 Å². The monoisotopic (exact) mass is 221 g/mol. The van der Waals surface area contributed by atoms with E-state index in [1.807, 2.05) is 12.1 Å². The minimum atomic E-state index is 0.969. The number of hydrogen-bond donors (Lipinski definition) is 1. The molecule has 0 unspecified atom stereocenters. The average molecular weight is 221 g/mol. The summed E-state index contributed by atoms with van der Waals surface area (Å²) in [5.74, 6) is 1.05. The van der Waals surface area contributed by atoms with Crippen LogP contribution in [0.1, 0.15) is 11.3 Å². The van der Waals surface area contributed by atoms with Crippen molar-refractivity contribution >= 4 is 11.3 Å². The third-order valence-electron chi connectivity index (χ3n) is 2.30. The SMILES string of the molecule is c1coc(CCNCCc2ccsc2)c1. The molecule has 0 bridgehead atoms. The largest absolute Gasteiger partial charge is 0.469 e. The zero-order chi connectivity index (χ0) is 10.3. The molecule has 0 atom stereocenters. The fourth-order valence-corrected chi connectivity index (χ4v) is 2.16. The first-order chi connectivity index (χ1) is 7.45. The first kappa shape index (κ1) is 10.5. The molecule has 1 N–H and O–H groups in total. The van der Waals surface area contributed by atoms with Crippen molar-refractivity contribution in [1.29, 1.82) is 0 Å². The van der Waals surface area contributed by atoms with Crippen molar-refractivity contribution in [2.75, 3.05) is 13.1 Å². The van der Waals surface area contributed by atoms with E-state index >= 15 is 0 Å². The third kappa shape index (κ3) is 3.53. The van der Waals surface area contributed by atoms with Crippen LogP contribution in [0.2, 0.25) is 0 Å². The summed E-state index contributed by atoms with van der Waals surface area (Å²) in [6.45, 7) is 2.02. The maximum atomic E-state index is 5.25. The van der Waals surface area contributed by atoms with Crippen molar-refractivity contribution in [2.45, 2.75) is 12.8 Å². The Morgan fingerprint density at radius 1 is 1.20 bits per heavy atom. The summed E-state index contributed by atoms with van der Waals surface area (Å²) in [5.41, 5.74) is 1.42. The van der Waals surface area contributed by atoms with Gasteiger partial charge in [-0.15, -0.1) is 0 Å². The van der Waals surface area contributed by atoms with Gasteiger partial charge in [-0.2, -0.15) is 11.3 Å². The van der Waals surface area contributed by atoms with Gasteiger partial charge in [-0.25, -0.2) is 0 Å². The molecule has 2 aromatic rings. The van der Waals surface area contributed by atoms with Crippen molar-refractivity contribution in [3.8, 4) is 0 Å². The van der Waals surface area contributed by atoms with Gasteiger partial charge in [0.15, 0.2) is 0 Å². The number of nitrogens with one attached hydrogen (secondary N) is 1. The molecule has 0 amide bonds. The Hall–Kier alpha value is -1.06. The summed E-state index contributed by atoms with van der Waals surface area (Å²) in [5, 5.41) is 7.73. The number of hydrogen-bond acceptors (Lipinski definition) is 3. The molecule has 2 nitrogen and oxygen atoms in total. The van der Waals surface area contributed by atoms with Crippen molar-refractivity contribution in [2.24, 2.45) is 0 Å². The van der Waals surface area contributed by atoms with Gasteiger partial charge in [0, 0.05) is 13.0 Å². The fourth-order valence-electron chi connectivity index (χ4n) is 1.46. The molecule has 0 aliphatic heterocycles. The Kier molecular flexibility index (Phi) is 4.00. The summed E-state index contributed by atoms with van der Waals surface area (Å²) in [4.78, 5) is 0. The normalized spacial score (nSPS) is 10.7. The second-order valence-electron chi connectivity index (χ2n) is 3.46. The molecule has 0 saturated heterocycles. The summed E-state index contributed by atoms with van der Waals surface area (Å²) >= 11 is 1.76. The Bertz CT molecular complexity index is 317. The van der Waals surface area contributed by atoms with Gasteiger partial charge in [0.25, 0.3) is 0 Å². The molecule has 2 rings (SSSR count). The van der Waals surface area contributed by atoms with Gasteiger partial charge in [-0.3, -0.25) is 0 Å². The molecule has 80 valence electrons. The lowest BCUT2D eigenvalue weighted by molar-refractivity contribution is 0.499. The van der Waals surface area contributed by atoms with Gasteiger partial charge >= 0.3 is 0 Å². The van der Waals surface area contributed by atoms with Gasteiger partial charge in [-0.05, 0) is 47.5 Å². The molecule has 0 aliphatic carbocycles. The zero-order valence-electron chi connectivity index (χ0n) is 8.61. The molecule has 3 heteroatoms. The van der Waals surface area contributed by atoms with Crippen LogP contribution in [0.15, 0.2) is 39.6 Å². The maximum Gasteiger partial charge on any atom is 0.105 e. The van der Waals surface area contributed by atoms with Crippen LogP contribution in [-0.4, -0.2) is 13.1 Å². The minimum Gasteiger partial charge on any atom is -0.469 e. The molecule has 0 fully saturated rings. The molecule has 0 radical (unpaired) electrons. The van der Waals surface area contributed by atoms with E-state index in [1.165, 1.54) is 5.56 Å². The molecule has 2 aromatic heterocycles. The lowest BCUT2D eigenvalue weighted by atomic mass is 10.2. The lowest BCUT2D eigenvalue weighted by Crippen LogP contribution is -2.19. The Morgan fingerprint density at radius 2 is 2.13 bits per heavy atom. The maximum absolute atomic E-state index is 5.25. The van der Waals surface area contributed by atoms with Crippen molar-refractivity contribution < 1.29 is 4.42 Å². The van der Waals surface area contributed by atoms with E-state index in [1.54, 1.807) is 17.6 Å². The van der Waals surface area contributed by atoms with Crippen LogP contribution in [0.5, 0.6) is 0 Å². The van der Waals surface area contributed by atoms with Crippen LogP contribution in [0.25, 0.3) is 0 Å². The van der Waals surface area contributed by atoms with Crippen LogP contribution in [0.4, 0.5) is 0 Å². The number of thiophene rings is 1. The minimum absolute atomic E-state index is 0.969. The highest BCUT2D eigenvalue weighted by atomic mass is 32.1. The van der Waals surface area contributed by atoms with Crippen molar-refractivity contribution in [3.63, 3.8) is 0 Å². The highest BCUT2D eigenvalue weighted by Gasteiger charge is 1.95. The Labute approximate surface area is 93.9 Å². The topological polar surface area (TPSA) is 25.2 Å². The molecule has 0 aromatic carbocycles. The van der Waals surface area contributed by atoms with Crippen LogP contribution >= 0.6 is 11.3 Å². The van der Waals surface area contributed by atoms with Gasteiger partial charge in [0.05, 0.1) is 6.26 Å². The first-order valence-electron chi connectivity index (χ1n) is 5.19. The van der Waals surface area contributed by atoms with E-state index in [4.69, 9.17) is 4.42 Å².